The zero-order valence-electron chi connectivity index (χ0n) is 8.33. The third-order valence-electron chi connectivity index (χ3n) is 1.95. The molecule has 13 heavy (non-hydrogen) atoms. The number of hydrogen-bond donors (Lipinski definition) is 1. The summed E-state index contributed by atoms with van der Waals surface area (Å²) in [4.78, 5) is 0. The van der Waals surface area contributed by atoms with Crippen LogP contribution in [0.15, 0.2) is 22.0 Å². The summed E-state index contributed by atoms with van der Waals surface area (Å²) in [7, 11) is 1.63. The maximum atomic E-state index is 9.64. The van der Waals surface area contributed by atoms with Gasteiger partial charge in [0, 0.05) is 5.92 Å². The Morgan fingerprint density at radius 3 is 2.69 bits per heavy atom. The van der Waals surface area contributed by atoms with Crippen molar-refractivity contribution in [3.8, 4) is 0 Å². The van der Waals surface area contributed by atoms with Crippen LogP contribution in [0, 0.1) is 5.92 Å². The van der Waals surface area contributed by atoms with Gasteiger partial charge in [-0.25, -0.2) is 0 Å². The molecule has 0 saturated heterocycles. The number of halogens is 1. The van der Waals surface area contributed by atoms with E-state index >= 15 is 0 Å². The molecule has 1 N–H and O–H groups in total. The van der Waals surface area contributed by atoms with Crippen molar-refractivity contribution in [3.05, 3.63) is 22.0 Å². The third kappa shape index (κ3) is 6.10. The second-order valence-corrected chi connectivity index (χ2v) is 3.72. The van der Waals surface area contributed by atoms with E-state index in [-0.39, 0.29) is 12.0 Å². The Kier molecular flexibility index (Phi) is 7.36. The lowest BCUT2D eigenvalue weighted by atomic mass is 10.0. The second-order valence-electron chi connectivity index (χ2n) is 3.00. The van der Waals surface area contributed by atoms with Crippen LogP contribution < -0.4 is 0 Å². The van der Waals surface area contributed by atoms with E-state index in [9.17, 15) is 5.11 Å². The molecule has 0 aromatic carbocycles. The lowest BCUT2D eigenvalue weighted by molar-refractivity contribution is 0.139. The average molecular weight is 296 g/mol. The van der Waals surface area contributed by atoms with E-state index in [0.29, 0.717) is 6.42 Å². The van der Waals surface area contributed by atoms with Crippen LogP contribution >= 0.6 is 22.6 Å². The first-order valence-corrected chi connectivity index (χ1v) is 5.52. The molecule has 2 nitrogen and oxygen atoms in total. The second kappa shape index (κ2) is 7.38. The number of methoxy groups -OCH3 is 1. The van der Waals surface area contributed by atoms with Crippen molar-refractivity contribution in [2.24, 2.45) is 5.92 Å². The Hall–Kier alpha value is -0.0300. The molecule has 0 spiro atoms. The summed E-state index contributed by atoms with van der Waals surface area (Å²) in [5.74, 6) is 1.04. The Balaban J connectivity index is 3.92. The first-order chi connectivity index (χ1) is 6.11. The molecule has 0 aliphatic rings. The van der Waals surface area contributed by atoms with Crippen molar-refractivity contribution in [3.63, 3.8) is 0 Å². The molecule has 0 rings (SSSR count). The van der Waals surface area contributed by atoms with E-state index in [1.165, 1.54) is 0 Å². The molecule has 0 saturated carbocycles. The van der Waals surface area contributed by atoms with E-state index < -0.39 is 0 Å². The highest BCUT2D eigenvalue weighted by atomic mass is 127. The Bertz CT molecular complexity index is 187. The molecule has 3 heteroatoms. The van der Waals surface area contributed by atoms with Crippen LogP contribution in [0.25, 0.3) is 0 Å². The molecule has 0 aromatic heterocycles. The van der Waals surface area contributed by atoms with Gasteiger partial charge in [0.05, 0.1) is 19.0 Å². The van der Waals surface area contributed by atoms with Gasteiger partial charge in [-0.3, -0.25) is 0 Å². The monoisotopic (exact) mass is 296 g/mol. The largest absolute Gasteiger partial charge is 0.502 e. The van der Waals surface area contributed by atoms with Gasteiger partial charge in [0.25, 0.3) is 0 Å². The van der Waals surface area contributed by atoms with Gasteiger partial charge < -0.3 is 9.84 Å². The molecule has 0 fully saturated rings. The Morgan fingerprint density at radius 1 is 1.62 bits per heavy atom. The molecule has 0 radical (unpaired) electrons. The standard InChI is InChI=1S/C10H17IO2/c1-8(6-7-11)10(12)5-4-9(2)13-3/h4,6-8,10,12H,5H2,1-3H3/b7-6+,9-4+/t8-,10-/m0/s1. The van der Waals surface area contributed by atoms with E-state index in [1.54, 1.807) is 7.11 Å². The summed E-state index contributed by atoms with van der Waals surface area (Å²) in [6, 6.07) is 0. The van der Waals surface area contributed by atoms with E-state index in [1.807, 2.05) is 30.1 Å². The molecule has 0 aliphatic carbocycles. The molecule has 0 aliphatic heterocycles. The van der Waals surface area contributed by atoms with Crippen molar-refractivity contribution in [2.45, 2.75) is 26.4 Å². The molecule has 0 unspecified atom stereocenters. The molecule has 0 bridgehead atoms. The van der Waals surface area contributed by atoms with Crippen molar-refractivity contribution in [1.29, 1.82) is 0 Å². The van der Waals surface area contributed by atoms with Gasteiger partial charge in [-0.2, -0.15) is 0 Å². The summed E-state index contributed by atoms with van der Waals surface area (Å²) in [6.07, 6.45) is 4.21. The summed E-state index contributed by atoms with van der Waals surface area (Å²) in [6.45, 7) is 3.88. The van der Waals surface area contributed by atoms with Gasteiger partial charge in [-0.15, -0.1) is 0 Å². The SMILES string of the molecule is CO/C(C)=C/C[C@H](O)[C@@H](C)/C=C/I. The van der Waals surface area contributed by atoms with Gasteiger partial charge in [-0.1, -0.05) is 35.6 Å². The van der Waals surface area contributed by atoms with Crippen molar-refractivity contribution in [2.75, 3.05) is 7.11 Å². The summed E-state index contributed by atoms with van der Waals surface area (Å²) >= 11 is 2.15. The van der Waals surface area contributed by atoms with Crippen LogP contribution in [0.1, 0.15) is 20.3 Å². The maximum Gasteiger partial charge on any atom is 0.0885 e. The minimum atomic E-state index is -0.323. The zero-order chi connectivity index (χ0) is 10.3. The minimum Gasteiger partial charge on any atom is -0.502 e. The highest BCUT2D eigenvalue weighted by molar-refractivity contribution is 14.1. The number of hydrogen-bond acceptors (Lipinski definition) is 2. The van der Waals surface area contributed by atoms with Crippen LogP contribution in [0.4, 0.5) is 0 Å². The fraction of sp³-hybridized carbons (Fsp3) is 0.600. The van der Waals surface area contributed by atoms with Crippen LogP contribution in [0.3, 0.4) is 0 Å². The van der Waals surface area contributed by atoms with Crippen molar-refractivity contribution < 1.29 is 9.84 Å². The van der Waals surface area contributed by atoms with Crippen LogP contribution in [-0.2, 0) is 4.74 Å². The fourth-order valence-corrected chi connectivity index (χ4v) is 1.48. The predicted octanol–water partition coefficient (Wildman–Crippen LogP) is 2.87. The quantitative estimate of drug-likeness (QED) is 0.624. The van der Waals surface area contributed by atoms with Crippen molar-refractivity contribution >= 4 is 22.6 Å². The highest BCUT2D eigenvalue weighted by Gasteiger charge is 2.09. The van der Waals surface area contributed by atoms with Gasteiger partial charge in [0.15, 0.2) is 0 Å². The summed E-state index contributed by atoms with van der Waals surface area (Å²) < 4.78 is 6.90. The Labute approximate surface area is 93.8 Å². The zero-order valence-corrected chi connectivity index (χ0v) is 10.5. The Morgan fingerprint density at radius 2 is 2.23 bits per heavy atom. The number of ether oxygens (including phenoxy) is 1. The number of aliphatic hydroxyl groups excluding tert-OH is 1. The summed E-state index contributed by atoms with van der Waals surface area (Å²) in [5.41, 5.74) is 0. The molecule has 0 amide bonds. The third-order valence-corrected chi connectivity index (χ3v) is 2.37. The van der Waals surface area contributed by atoms with Gasteiger partial charge in [-0.05, 0) is 23.5 Å². The van der Waals surface area contributed by atoms with Crippen LogP contribution in [0.2, 0.25) is 0 Å². The van der Waals surface area contributed by atoms with Crippen molar-refractivity contribution in [1.82, 2.24) is 0 Å². The van der Waals surface area contributed by atoms with Gasteiger partial charge in [0.2, 0.25) is 0 Å². The number of rotatable bonds is 5. The summed E-state index contributed by atoms with van der Waals surface area (Å²) in [5, 5.41) is 9.64. The minimum absolute atomic E-state index is 0.192. The van der Waals surface area contributed by atoms with E-state index in [0.717, 1.165) is 5.76 Å². The fourth-order valence-electron chi connectivity index (χ4n) is 0.828. The molecular formula is C10H17IO2. The first kappa shape index (κ1) is 13.0. The predicted molar refractivity (Wildman–Crippen MR) is 63.7 cm³/mol. The van der Waals surface area contributed by atoms with E-state index in [4.69, 9.17) is 4.74 Å². The topological polar surface area (TPSA) is 29.5 Å². The lowest BCUT2D eigenvalue weighted by Crippen LogP contribution is -2.14. The molecular weight excluding hydrogens is 279 g/mol. The normalized spacial score (nSPS) is 17.5. The smallest absolute Gasteiger partial charge is 0.0885 e. The number of allylic oxidation sites excluding steroid dienone is 1. The van der Waals surface area contributed by atoms with Crippen LogP contribution in [0.5, 0.6) is 0 Å². The maximum absolute atomic E-state index is 9.64. The lowest BCUT2D eigenvalue weighted by Gasteiger charge is -2.13. The van der Waals surface area contributed by atoms with E-state index in [2.05, 4.69) is 22.6 Å². The number of aliphatic hydroxyl groups is 1. The average Bonchev–Trinajstić information content (AvgIpc) is 2.13. The molecule has 76 valence electrons. The van der Waals surface area contributed by atoms with Gasteiger partial charge >= 0.3 is 0 Å². The van der Waals surface area contributed by atoms with Crippen LogP contribution in [-0.4, -0.2) is 18.3 Å². The van der Waals surface area contributed by atoms with Gasteiger partial charge in [0.1, 0.15) is 0 Å². The first-order valence-electron chi connectivity index (χ1n) is 4.27. The highest BCUT2D eigenvalue weighted by Crippen LogP contribution is 2.11. The molecule has 0 aromatic rings. The molecule has 0 heterocycles. The molecule has 2 atom stereocenters.